The average Bonchev–Trinajstić information content (AvgIpc) is 2.65. The van der Waals surface area contributed by atoms with Crippen molar-refractivity contribution in [2.45, 2.75) is 72.2 Å². The topological polar surface area (TPSA) is 17.8 Å². The molecule has 1 fully saturated rings. The Labute approximate surface area is 142 Å². The Bertz CT molecular complexity index is 495. The summed E-state index contributed by atoms with van der Waals surface area (Å²) in [5.41, 5.74) is 2.61. The molecule has 2 nitrogen and oxygen atoms in total. The quantitative estimate of drug-likeness (QED) is 0.627. The van der Waals surface area contributed by atoms with Crippen LogP contribution in [0.25, 0.3) is 0 Å². The highest BCUT2D eigenvalue weighted by atomic mass is 79.9. The number of alkyl halides is 1. The van der Waals surface area contributed by atoms with E-state index in [4.69, 9.17) is 11.6 Å². The molecule has 1 saturated carbocycles. The van der Waals surface area contributed by atoms with Crippen molar-refractivity contribution in [3.63, 3.8) is 0 Å². The van der Waals surface area contributed by atoms with E-state index in [-0.39, 0.29) is 5.41 Å². The van der Waals surface area contributed by atoms with Crippen LogP contribution in [-0.4, -0.2) is 15.2 Å². The van der Waals surface area contributed by atoms with E-state index in [1.807, 2.05) is 0 Å². The first kappa shape index (κ1) is 17.3. The van der Waals surface area contributed by atoms with E-state index in [0.29, 0.717) is 11.3 Å². The smallest absolute Gasteiger partial charge is 0.0738 e. The number of hydrogen-bond acceptors (Lipinski definition) is 1. The summed E-state index contributed by atoms with van der Waals surface area (Å²) in [6, 6.07) is 0. The van der Waals surface area contributed by atoms with Crippen molar-refractivity contribution in [3.05, 3.63) is 15.9 Å². The number of hydrogen-bond donors (Lipinski definition) is 0. The average molecular weight is 376 g/mol. The Morgan fingerprint density at radius 2 is 2.05 bits per heavy atom. The fraction of sp³-hybridized carbons (Fsp3) is 0.824. The summed E-state index contributed by atoms with van der Waals surface area (Å²) in [5, 5.41) is 4.93. The minimum absolute atomic E-state index is 0.203. The van der Waals surface area contributed by atoms with Gasteiger partial charge in [-0.2, -0.15) is 5.10 Å². The standard InChI is InChI=1S/C17H28BrClN2/c1-6-21-15(16(18)12(3)20-21)10-17(4,5)13-8-7-11(2)9-14(13)19/h11,13-14H,6-10H2,1-5H3. The molecule has 1 aromatic rings. The summed E-state index contributed by atoms with van der Waals surface area (Å²) >= 11 is 10.4. The summed E-state index contributed by atoms with van der Waals surface area (Å²) in [6.45, 7) is 12.2. The molecule has 0 aromatic carbocycles. The number of halogens is 2. The molecule has 1 heterocycles. The van der Waals surface area contributed by atoms with E-state index in [2.05, 4.69) is 60.3 Å². The molecule has 21 heavy (non-hydrogen) atoms. The molecule has 120 valence electrons. The van der Waals surface area contributed by atoms with Crippen LogP contribution in [0, 0.1) is 24.2 Å². The zero-order valence-corrected chi connectivity index (χ0v) is 16.3. The first-order valence-corrected chi connectivity index (χ1v) is 9.35. The minimum Gasteiger partial charge on any atom is -0.268 e. The minimum atomic E-state index is 0.203. The number of nitrogens with zero attached hydrogens (tertiary/aromatic N) is 2. The highest BCUT2D eigenvalue weighted by Crippen LogP contribution is 2.45. The van der Waals surface area contributed by atoms with Gasteiger partial charge >= 0.3 is 0 Å². The van der Waals surface area contributed by atoms with Gasteiger partial charge in [0.25, 0.3) is 0 Å². The highest BCUT2D eigenvalue weighted by molar-refractivity contribution is 9.10. The van der Waals surface area contributed by atoms with E-state index >= 15 is 0 Å². The van der Waals surface area contributed by atoms with Crippen molar-refractivity contribution in [2.75, 3.05) is 0 Å². The van der Waals surface area contributed by atoms with Crippen LogP contribution < -0.4 is 0 Å². The molecule has 3 unspecified atom stereocenters. The van der Waals surface area contributed by atoms with Crippen molar-refractivity contribution in [1.29, 1.82) is 0 Å². The van der Waals surface area contributed by atoms with Crippen LogP contribution in [0.3, 0.4) is 0 Å². The van der Waals surface area contributed by atoms with Gasteiger partial charge in [0.1, 0.15) is 0 Å². The molecule has 1 aliphatic rings. The normalized spacial score (nSPS) is 27.1. The van der Waals surface area contributed by atoms with E-state index in [0.717, 1.165) is 31.0 Å². The van der Waals surface area contributed by atoms with Crippen LogP contribution >= 0.6 is 27.5 Å². The third-order valence-corrected chi connectivity index (χ3v) is 6.63. The zero-order valence-electron chi connectivity index (χ0n) is 13.9. The molecule has 0 saturated heterocycles. The highest BCUT2D eigenvalue weighted by Gasteiger charge is 2.39. The second-order valence-electron chi connectivity index (χ2n) is 7.37. The Balaban J connectivity index is 2.21. The SMILES string of the molecule is CCn1nc(C)c(Br)c1CC(C)(C)C1CCC(C)CC1Cl. The van der Waals surface area contributed by atoms with Crippen molar-refractivity contribution in [3.8, 4) is 0 Å². The van der Waals surface area contributed by atoms with Crippen LogP contribution in [0.2, 0.25) is 0 Å². The van der Waals surface area contributed by atoms with Crippen LogP contribution in [-0.2, 0) is 13.0 Å². The Hall–Kier alpha value is -0.0200. The molecule has 0 aliphatic heterocycles. The molecule has 0 N–H and O–H groups in total. The number of rotatable bonds is 4. The molecule has 4 heteroatoms. The lowest BCUT2D eigenvalue weighted by molar-refractivity contribution is 0.139. The molecule has 0 spiro atoms. The van der Waals surface area contributed by atoms with Gasteiger partial charge < -0.3 is 0 Å². The zero-order chi connectivity index (χ0) is 15.8. The second-order valence-corrected chi connectivity index (χ2v) is 8.72. The number of aromatic nitrogens is 2. The van der Waals surface area contributed by atoms with E-state index < -0.39 is 0 Å². The third-order valence-electron chi connectivity index (χ3n) is 5.11. The van der Waals surface area contributed by atoms with Crippen molar-refractivity contribution < 1.29 is 0 Å². The molecular weight excluding hydrogens is 348 g/mol. The lowest BCUT2D eigenvalue weighted by Gasteiger charge is -2.42. The predicted molar refractivity (Wildman–Crippen MR) is 94.0 cm³/mol. The Kier molecular flexibility index (Phi) is 5.46. The Morgan fingerprint density at radius 1 is 1.38 bits per heavy atom. The van der Waals surface area contributed by atoms with E-state index in [1.54, 1.807) is 0 Å². The molecule has 2 rings (SSSR count). The van der Waals surface area contributed by atoms with Crippen LogP contribution in [0.5, 0.6) is 0 Å². The van der Waals surface area contributed by atoms with E-state index in [9.17, 15) is 0 Å². The van der Waals surface area contributed by atoms with Gasteiger partial charge in [-0.1, -0.05) is 27.2 Å². The van der Waals surface area contributed by atoms with Gasteiger partial charge in [-0.15, -0.1) is 11.6 Å². The van der Waals surface area contributed by atoms with Crippen molar-refractivity contribution >= 4 is 27.5 Å². The maximum Gasteiger partial charge on any atom is 0.0738 e. The van der Waals surface area contributed by atoms with Crippen molar-refractivity contribution in [1.82, 2.24) is 9.78 Å². The van der Waals surface area contributed by atoms with Gasteiger partial charge in [0, 0.05) is 11.9 Å². The second kappa shape index (κ2) is 6.62. The van der Waals surface area contributed by atoms with E-state index in [1.165, 1.54) is 23.0 Å². The van der Waals surface area contributed by atoms with Gasteiger partial charge in [0.15, 0.2) is 0 Å². The van der Waals surface area contributed by atoms with Gasteiger partial charge in [-0.3, -0.25) is 4.68 Å². The fourth-order valence-electron chi connectivity index (χ4n) is 3.79. The molecular formula is C17H28BrClN2. The molecule has 1 aliphatic carbocycles. The largest absolute Gasteiger partial charge is 0.268 e. The molecule has 0 radical (unpaired) electrons. The summed E-state index contributed by atoms with van der Waals surface area (Å²) in [6.07, 6.45) is 4.75. The lowest BCUT2D eigenvalue weighted by Crippen LogP contribution is -2.37. The monoisotopic (exact) mass is 374 g/mol. The Morgan fingerprint density at radius 3 is 2.62 bits per heavy atom. The molecule has 0 amide bonds. The number of aryl methyl sites for hydroxylation is 2. The van der Waals surface area contributed by atoms with Gasteiger partial charge in [0.2, 0.25) is 0 Å². The molecule has 3 atom stereocenters. The van der Waals surface area contributed by atoms with Crippen LogP contribution in [0.15, 0.2) is 4.47 Å². The van der Waals surface area contributed by atoms with Gasteiger partial charge in [-0.05, 0) is 66.3 Å². The predicted octanol–water partition coefficient (Wildman–Crippen LogP) is 5.59. The summed E-state index contributed by atoms with van der Waals surface area (Å²) in [4.78, 5) is 0. The van der Waals surface area contributed by atoms with Crippen LogP contribution in [0.1, 0.15) is 58.3 Å². The molecule has 1 aromatic heterocycles. The maximum absolute atomic E-state index is 6.71. The maximum atomic E-state index is 6.71. The first-order chi connectivity index (χ1) is 9.76. The van der Waals surface area contributed by atoms with Crippen molar-refractivity contribution in [2.24, 2.45) is 17.3 Å². The summed E-state index contributed by atoms with van der Waals surface area (Å²) in [7, 11) is 0. The van der Waals surface area contributed by atoms with Gasteiger partial charge in [-0.25, -0.2) is 0 Å². The summed E-state index contributed by atoms with van der Waals surface area (Å²) < 4.78 is 3.31. The van der Waals surface area contributed by atoms with Gasteiger partial charge in [0.05, 0.1) is 15.9 Å². The third kappa shape index (κ3) is 3.67. The first-order valence-electron chi connectivity index (χ1n) is 8.12. The lowest BCUT2D eigenvalue weighted by atomic mass is 9.67. The van der Waals surface area contributed by atoms with Crippen LogP contribution in [0.4, 0.5) is 0 Å². The fourth-order valence-corrected chi connectivity index (χ4v) is 4.99. The summed E-state index contributed by atoms with van der Waals surface area (Å²) in [5.74, 6) is 1.36. The molecule has 0 bridgehead atoms.